The van der Waals surface area contributed by atoms with E-state index in [0.717, 1.165) is 38.5 Å². The van der Waals surface area contributed by atoms with Crippen LogP contribution in [0.25, 0.3) is 11.1 Å². The fourth-order valence-corrected chi connectivity index (χ4v) is 4.44. The summed E-state index contributed by atoms with van der Waals surface area (Å²) >= 11 is 19.8. The van der Waals surface area contributed by atoms with Gasteiger partial charge in [-0.05, 0) is 36.2 Å². The van der Waals surface area contributed by atoms with Crippen molar-refractivity contribution >= 4 is 55.1 Å². The van der Waals surface area contributed by atoms with E-state index in [0.29, 0.717) is 15.6 Å². The molecular formula is C16H11Br2Cl2N. The van der Waals surface area contributed by atoms with Crippen LogP contribution in [-0.2, 0) is 6.42 Å². The molecule has 0 bridgehead atoms. The van der Waals surface area contributed by atoms with Gasteiger partial charge in [0.2, 0.25) is 0 Å². The van der Waals surface area contributed by atoms with Crippen LogP contribution in [0.15, 0.2) is 33.2 Å². The summed E-state index contributed by atoms with van der Waals surface area (Å²) in [5.74, 6) is 0. The number of hydrogen-bond acceptors (Lipinski definition) is 1. The van der Waals surface area contributed by atoms with E-state index in [2.05, 4.69) is 50.9 Å². The quantitative estimate of drug-likeness (QED) is 0.496. The summed E-state index contributed by atoms with van der Waals surface area (Å²) in [5.41, 5.74) is 3.37. The molecule has 5 heteroatoms. The summed E-state index contributed by atoms with van der Waals surface area (Å²) in [6.07, 6.45) is 1.93. The fraction of sp³-hybridized carbons (Fsp3) is 0.188. The van der Waals surface area contributed by atoms with Crippen molar-refractivity contribution in [2.75, 3.05) is 0 Å². The molecule has 21 heavy (non-hydrogen) atoms. The summed E-state index contributed by atoms with van der Waals surface area (Å²) in [5, 5.41) is 9.97. The van der Waals surface area contributed by atoms with Crippen molar-refractivity contribution in [2.24, 2.45) is 0 Å². The maximum atomic E-state index is 9.00. The Morgan fingerprint density at radius 1 is 1.05 bits per heavy atom. The van der Waals surface area contributed by atoms with Crippen LogP contribution in [0.2, 0.25) is 10.0 Å². The lowest BCUT2D eigenvalue weighted by molar-refractivity contribution is 0.922. The zero-order valence-corrected chi connectivity index (χ0v) is 15.9. The van der Waals surface area contributed by atoms with Crippen molar-refractivity contribution in [3.05, 3.63) is 54.4 Å². The molecule has 0 atom stereocenters. The molecule has 2 rings (SSSR count). The third kappa shape index (κ3) is 3.63. The minimum absolute atomic E-state index is 0.457. The molecule has 0 saturated heterocycles. The Bertz CT molecular complexity index is 713. The molecule has 0 heterocycles. The van der Waals surface area contributed by atoms with Crippen molar-refractivity contribution < 1.29 is 0 Å². The highest BCUT2D eigenvalue weighted by Crippen LogP contribution is 2.42. The number of nitriles is 1. The van der Waals surface area contributed by atoms with Crippen LogP contribution in [0.3, 0.4) is 0 Å². The van der Waals surface area contributed by atoms with Crippen LogP contribution < -0.4 is 0 Å². The summed E-state index contributed by atoms with van der Waals surface area (Å²) in [6.45, 7) is 2.13. The molecule has 0 radical (unpaired) electrons. The van der Waals surface area contributed by atoms with Gasteiger partial charge in [0.15, 0.2) is 0 Å². The normalized spacial score (nSPS) is 10.5. The predicted octanol–water partition coefficient (Wildman–Crippen LogP) is 7.01. The Balaban J connectivity index is 2.76. The summed E-state index contributed by atoms with van der Waals surface area (Å²) in [7, 11) is 0. The number of aryl methyl sites for hydroxylation is 1. The number of nitrogens with zero attached hydrogens (tertiary/aromatic N) is 1. The van der Waals surface area contributed by atoms with E-state index in [-0.39, 0.29) is 0 Å². The van der Waals surface area contributed by atoms with Crippen molar-refractivity contribution in [1.82, 2.24) is 0 Å². The number of hydrogen-bond donors (Lipinski definition) is 0. The average Bonchev–Trinajstić information content (AvgIpc) is 2.40. The minimum Gasteiger partial charge on any atom is -0.192 e. The zero-order chi connectivity index (χ0) is 15.6. The first-order chi connectivity index (χ1) is 9.97. The predicted molar refractivity (Wildman–Crippen MR) is 96.0 cm³/mol. The molecule has 2 aromatic rings. The van der Waals surface area contributed by atoms with Crippen LogP contribution in [-0.4, -0.2) is 0 Å². The molecule has 108 valence electrons. The van der Waals surface area contributed by atoms with E-state index < -0.39 is 0 Å². The van der Waals surface area contributed by atoms with Gasteiger partial charge < -0.3 is 0 Å². The van der Waals surface area contributed by atoms with E-state index in [1.54, 1.807) is 12.1 Å². The van der Waals surface area contributed by atoms with Crippen molar-refractivity contribution in [2.45, 2.75) is 19.8 Å². The van der Waals surface area contributed by atoms with Crippen LogP contribution in [0.4, 0.5) is 0 Å². The zero-order valence-electron chi connectivity index (χ0n) is 11.2. The van der Waals surface area contributed by atoms with Gasteiger partial charge in [-0.3, -0.25) is 0 Å². The van der Waals surface area contributed by atoms with Gasteiger partial charge in [-0.1, -0.05) is 68.4 Å². The fourth-order valence-electron chi connectivity index (χ4n) is 2.25. The average molecular weight is 448 g/mol. The first-order valence-electron chi connectivity index (χ1n) is 6.35. The topological polar surface area (TPSA) is 23.8 Å². The lowest BCUT2D eigenvalue weighted by Crippen LogP contribution is -1.94. The van der Waals surface area contributed by atoms with Crippen molar-refractivity contribution in [3.63, 3.8) is 0 Å². The molecule has 0 amide bonds. The summed E-state index contributed by atoms with van der Waals surface area (Å²) < 4.78 is 1.93. The summed E-state index contributed by atoms with van der Waals surface area (Å²) in [6, 6.07) is 9.40. The molecule has 0 N–H and O–H groups in total. The Morgan fingerprint density at radius 3 is 2.19 bits per heavy atom. The SMILES string of the molecule is CCCc1cc(Br)cc(Br)c1-c1c(Cl)cc(C#N)cc1Cl. The van der Waals surface area contributed by atoms with Crippen molar-refractivity contribution in [1.29, 1.82) is 5.26 Å². The molecule has 0 aromatic heterocycles. The Morgan fingerprint density at radius 2 is 1.67 bits per heavy atom. The van der Waals surface area contributed by atoms with E-state index in [1.807, 2.05) is 6.07 Å². The monoisotopic (exact) mass is 445 g/mol. The largest absolute Gasteiger partial charge is 0.192 e. The maximum Gasteiger partial charge on any atom is 0.0992 e. The van der Waals surface area contributed by atoms with Crippen molar-refractivity contribution in [3.8, 4) is 17.2 Å². The molecule has 0 unspecified atom stereocenters. The van der Waals surface area contributed by atoms with E-state index in [9.17, 15) is 0 Å². The molecule has 0 saturated carbocycles. The molecule has 1 nitrogen and oxygen atoms in total. The van der Waals surface area contributed by atoms with Crippen LogP contribution in [0, 0.1) is 11.3 Å². The van der Waals surface area contributed by atoms with Crippen LogP contribution in [0.5, 0.6) is 0 Å². The Hall–Kier alpha value is -0.530. The van der Waals surface area contributed by atoms with Gasteiger partial charge in [0.25, 0.3) is 0 Å². The van der Waals surface area contributed by atoms with E-state index in [4.69, 9.17) is 28.5 Å². The number of halogens is 4. The molecule has 0 aliphatic heterocycles. The van der Waals surface area contributed by atoms with Gasteiger partial charge in [0.1, 0.15) is 0 Å². The molecule has 0 aliphatic carbocycles. The third-order valence-corrected chi connectivity index (χ3v) is 4.76. The van der Waals surface area contributed by atoms with Gasteiger partial charge in [0.05, 0.1) is 21.7 Å². The van der Waals surface area contributed by atoms with E-state index >= 15 is 0 Å². The summed E-state index contributed by atoms with van der Waals surface area (Å²) in [4.78, 5) is 0. The second kappa shape index (κ2) is 7.15. The highest BCUT2D eigenvalue weighted by molar-refractivity contribution is 9.11. The highest BCUT2D eigenvalue weighted by atomic mass is 79.9. The molecule has 2 aromatic carbocycles. The van der Waals surface area contributed by atoms with E-state index in [1.165, 1.54) is 0 Å². The smallest absolute Gasteiger partial charge is 0.0992 e. The first kappa shape index (κ1) is 16.8. The van der Waals surface area contributed by atoms with Gasteiger partial charge >= 0.3 is 0 Å². The van der Waals surface area contributed by atoms with Gasteiger partial charge in [0, 0.05) is 20.1 Å². The molecule has 0 aliphatic rings. The first-order valence-corrected chi connectivity index (χ1v) is 8.69. The second-order valence-corrected chi connectivity index (χ2v) is 7.18. The van der Waals surface area contributed by atoms with Crippen LogP contribution in [0.1, 0.15) is 24.5 Å². The standard InChI is InChI=1S/C16H11Br2Cl2N/c1-2-3-10-6-11(17)7-12(18)15(10)16-13(19)4-9(8-21)5-14(16)20/h4-7H,2-3H2,1H3. The number of rotatable bonds is 3. The highest BCUT2D eigenvalue weighted by Gasteiger charge is 2.17. The third-order valence-electron chi connectivity index (χ3n) is 3.08. The second-order valence-electron chi connectivity index (χ2n) is 4.60. The maximum absolute atomic E-state index is 9.00. The molecule has 0 fully saturated rings. The minimum atomic E-state index is 0.457. The molecular weight excluding hydrogens is 437 g/mol. The Labute approximate surface area is 151 Å². The van der Waals surface area contributed by atoms with Crippen LogP contribution >= 0.6 is 55.1 Å². The van der Waals surface area contributed by atoms with Gasteiger partial charge in [-0.15, -0.1) is 0 Å². The number of benzene rings is 2. The van der Waals surface area contributed by atoms with Gasteiger partial charge in [-0.25, -0.2) is 0 Å². The molecule has 0 spiro atoms. The lowest BCUT2D eigenvalue weighted by atomic mass is 9.96. The Kier molecular flexibility index (Phi) is 5.73. The van der Waals surface area contributed by atoms with Gasteiger partial charge in [-0.2, -0.15) is 5.26 Å². The lowest BCUT2D eigenvalue weighted by Gasteiger charge is -2.15.